The van der Waals surface area contributed by atoms with Gasteiger partial charge in [0.1, 0.15) is 5.60 Å². The molecule has 24 heavy (non-hydrogen) atoms. The molecule has 1 amide bonds. The Bertz CT molecular complexity index is 720. The number of aromatic carboxylic acids is 1. The molecule has 0 aliphatic heterocycles. The van der Waals surface area contributed by atoms with Crippen LogP contribution in [0.4, 0.5) is 10.5 Å². The quantitative estimate of drug-likeness (QED) is 0.908. The van der Waals surface area contributed by atoms with E-state index in [4.69, 9.17) is 4.74 Å². The molecule has 0 radical (unpaired) electrons. The third kappa shape index (κ3) is 4.84. The van der Waals surface area contributed by atoms with Gasteiger partial charge in [0, 0.05) is 5.69 Å². The minimum atomic E-state index is -1.04. The molecule has 0 saturated carbocycles. The number of carboxylic acid groups (broad SMARTS) is 1. The largest absolute Gasteiger partial charge is 0.478 e. The van der Waals surface area contributed by atoms with Gasteiger partial charge in [-0.2, -0.15) is 0 Å². The van der Waals surface area contributed by atoms with Crippen molar-refractivity contribution >= 4 is 17.7 Å². The Balaban J connectivity index is 2.36. The lowest BCUT2D eigenvalue weighted by atomic mass is 10.1. The lowest BCUT2D eigenvalue weighted by Gasteiger charge is -2.27. The Morgan fingerprint density at radius 3 is 2.29 bits per heavy atom. The minimum Gasteiger partial charge on any atom is -0.478 e. The molecule has 5 heteroatoms. The smallest absolute Gasteiger partial charge is 0.415 e. The van der Waals surface area contributed by atoms with Crippen molar-refractivity contribution in [3.8, 4) is 0 Å². The number of hydrogen-bond donors (Lipinski definition) is 1. The van der Waals surface area contributed by atoms with Crippen LogP contribution in [0.3, 0.4) is 0 Å². The zero-order valence-corrected chi connectivity index (χ0v) is 14.0. The van der Waals surface area contributed by atoms with E-state index in [-0.39, 0.29) is 5.56 Å². The van der Waals surface area contributed by atoms with E-state index in [0.717, 1.165) is 5.56 Å². The van der Waals surface area contributed by atoms with Crippen LogP contribution >= 0.6 is 0 Å². The highest BCUT2D eigenvalue weighted by Gasteiger charge is 2.24. The molecule has 126 valence electrons. The number of nitrogens with zero attached hydrogens (tertiary/aromatic N) is 1. The zero-order chi connectivity index (χ0) is 17.7. The van der Waals surface area contributed by atoms with E-state index in [1.54, 1.807) is 32.9 Å². The van der Waals surface area contributed by atoms with Crippen LogP contribution in [0.15, 0.2) is 54.6 Å². The van der Waals surface area contributed by atoms with Crippen molar-refractivity contribution in [2.45, 2.75) is 32.9 Å². The minimum absolute atomic E-state index is 0.120. The highest BCUT2D eigenvalue weighted by atomic mass is 16.6. The summed E-state index contributed by atoms with van der Waals surface area (Å²) in [7, 11) is 0. The van der Waals surface area contributed by atoms with Gasteiger partial charge in [-0.1, -0.05) is 36.4 Å². The van der Waals surface area contributed by atoms with E-state index in [2.05, 4.69) is 0 Å². The zero-order valence-electron chi connectivity index (χ0n) is 14.0. The van der Waals surface area contributed by atoms with Crippen LogP contribution < -0.4 is 4.90 Å². The molecule has 0 aromatic heterocycles. The van der Waals surface area contributed by atoms with Gasteiger partial charge >= 0.3 is 12.1 Å². The second-order valence-corrected chi connectivity index (χ2v) is 6.41. The first-order chi connectivity index (χ1) is 11.3. The fourth-order valence-electron chi connectivity index (χ4n) is 2.15. The lowest BCUT2D eigenvalue weighted by Crippen LogP contribution is -2.36. The van der Waals surface area contributed by atoms with Crippen LogP contribution in [-0.2, 0) is 11.3 Å². The molecule has 1 N–H and O–H groups in total. The summed E-state index contributed by atoms with van der Waals surface area (Å²) in [6, 6.07) is 15.7. The first-order valence-corrected chi connectivity index (χ1v) is 7.64. The molecular weight excluding hydrogens is 306 g/mol. The Morgan fingerprint density at radius 1 is 1.04 bits per heavy atom. The maximum Gasteiger partial charge on any atom is 0.415 e. The van der Waals surface area contributed by atoms with Gasteiger partial charge < -0.3 is 9.84 Å². The van der Waals surface area contributed by atoms with Gasteiger partial charge in [0.15, 0.2) is 0 Å². The predicted molar refractivity (Wildman–Crippen MR) is 92.3 cm³/mol. The molecule has 0 bridgehead atoms. The Labute approximate surface area is 141 Å². The molecule has 0 spiro atoms. The second-order valence-electron chi connectivity index (χ2n) is 6.41. The summed E-state index contributed by atoms with van der Waals surface area (Å²) >= 11 is 0. The summed E-state index contributed by atoms with van der Waals surface area (Å²) in [4.78, 5) is 25.2. The summed E-state index contributed by atoms with van der Waals surface area (Å²) in [5.74, 6) is -1.04. The first-order valence-electron chi connectivity index (χ1n) is 7.64. The number of carbonyl (C=O) groups is 2. The van der Waals surface area contributed by atoms with Gasteiger partial charge in [0.2, 0.25) is 0 Å². The number of amides is 1. The molecule has 0 saturated heterocycles. The van der Waals surface area contributed by atoms with Gasteiger partial charge in [-0.3, -0.25) is 4.90 Å². The SMILES string of the molecule is CC(C)(C)OC(=O)N(Cc1ccccc1)c1cccc(C(=O)O)c1. The van der Waals surface area contributed by atoms with Gasteiger partial charge in [-0.15, -0.1) is 0 Å². The van der Waals surface area contributed by atoms with E-state index >= 15 is 0 Å². The Morgan fingerprint density at radius 2 is 1.71 bits per heavy atom. The number of rotatable bonds is 4. The van der Waals surface area contributed by atoms with Gasteiger partial charge in [-0.05, 0) is 44.5 Å². The van der Waals surface area contributed by atoms with Gasteiger partial charge in [0.25, 0.3) is 0 Å². The van der Waals surface area contributed by atoms with Crippen LogP contribution in [0.2, 0.25) is 0 Å². The van der Waals surface area contributed by atoms with Crippen LogP contribution in [0, 0.1) is 0 Å². The standard InChI is InChI=1S/C19H21NO4/c1-19(2,3)24-18(23)20(13-14-8-5-4-6-9-14)16-11-7-10-15(12-16)17(21)22/h4-12H,13H2,1-3H3,(H,21,22). The molecule has 0 fully saturated rings. The highest BCUT2D eigenvalue weighted by molar-refractivity contribution is 5.92. The average molecular weight is 327 g/mol. The number of ether oxygens (including phenoxy) is 1. The van der Waals surface area contributed by atoms with Crippen molar-refractivity contribution in [3.05, 3.63) is 65.7 Å². The number of carboxylic acids is 1. The van der Waals surface area contributed by atoms with E-state index < -0.39 is 17.7 Å². The topological polar surface area (TPSA) is 66.8 Å². The monoisotopic (exact) mass is 327 g/mol. The van der Waals surface area contributed by atoms with Crippen LogP contribution in [0.25, 0.3) is 0 Å². The third-order valence-electron chi connectivity index (χ3n) is 3.20. The van der Waals surface area contributed by atoms with Gasteiger partial charge in [-0.25, -0.2) is 9.59 Å². The van der Waals surface area contributed by atoms with Crippen LogP contribution in [-0.4, -0.2) is 22.8 Å². The van der Waals surface area contributed by atoms with Gasteiger partial charge in [0.05, 0.1) is 12.1 Å². The molecule has 2 aromatic rings. The number of carbonyl (C=O) groups excluding carboxylic acids is 1. The van der Waals surface area contributed by atoms with Crippen molar-refractivity contribution in [1.29, 1.82) is 0 Å². The molecule has 0 unspecified atom stereocenters. The van der Waals surface area contributed by atoms with E-state index in [1.165, 1.54) is 17.0 Å². The Hall–Kier alpha value is -2.82. The summed E-state index contributed by atoms with van der Waals surface area (Å²) in [5.41, 5.74) is 0.877. The maximum atomic E-state index is 12.6. The molecule has 0 aliphatic carbocycles. The summed E-state index contributed by atoms with van der Waals surface area (Å²) in [6.07, 6.45) is -0.520. The normalized spacial score (nSPS) is 11.0. The molecule has 0 aliphatic rings. The third-order valence-corrected chi connectivity index (χ3v) is 3.20. The molecule has 2 rings (SSSR count). The van der Waals surface area contributed by atoms with Crippen molar-refractivity contribution < 1.29 is 19.4 Å². The van der Waals surface area contributed by atoms with Crippen molar-refractivity contribution in [2.24, 2.45) is 0 Å². The maximum absolute atomic E-state index is 12.6. The molecule has 2 aromatic carbocycles. The van der Waals surface area contributed by atoms with E-state index in [1.807, 2.05) is 30.3 Å². The number of anilines is 1. The van der Waals surface area contributed by atoms with Crippen molar-refractivity contribution in [2.75, 3.05) is 4.90 Å². The summed E-state index contributed by atoms with van der Waals surface area (Å²) in [6.45, 7) is 5.66. The van der Waals surface area contributed by atoms with Crippen molar-refractivity contribution in [1.82, 2.24) is 0 Å². The predicted octanol–water partition coefficient (Wildman–Crippen LogP) is 4.33. The number of hydrogen-bond acceptors (Lipinski definition) is 3. The van der Waals surface area contributed by atoms with Crippen LogP contribution in [0.5, 0.6) is 0 Å². The summed E-state index contributed by atoms with van der Waals surface area (Å²) < 4.78 is 5.47. The lowest BCUT2D eigenvalue weighted by molar-refractivity contribution is 0.0575. The highest BCUT2D eigenvalue weighted by Crippen LogP contribution is 2.22. The summed E-state index contributed by atoms with van der Waals surface area (Å²) in [5, 5.41) is 9.17. The van der Waals surface area contributed by atoms with Crippen LogP contribution in [0.1, 0.15) is 36.7 Å². The second kappa shape index (κ2) is 7.17. The fourth-order valence-corrected chi connectivity index (χ4v) is 2.15. The fraction of sp³-hybridized carbons (Fsp3) is 0.263. The molecule has 0 atom stereocenters. The first kappa shape index (κ1) is 17.5. The van der Waals surface area contributed by atoms with E-state index in [9.17, 15) is 14.7 Å². The molecule has 0 heterocycles. The molecule has 5 nitrogen and oxygen atoms in total. The molecular formula is C19H21NO4. The number of benzene rings is 2. The van der Waals surface area contributed by atoms with Crippen molar-refractivity contribution in [3.63, 3.8) is 0 Å². The Kier molecular flexibility index (Phi) is 5.24. The van der Waals surface area contributed by atoms with E-state index in [0.29, 0.717) is 12.2 Å². The average Bonchev–Trinajstić information content (AvgIpc) is 2.52.